The van der Waals surface area contributed by atoms with Crippen molar-refractivity contribution in [2.24, 2.45) is 0 Å². The Balaban J connectivity index is 1.30. The van der Waals surface area contributed by atoms with Gasteiger partial charge in [-0.2, -0.15) is 15.0 Å². The predicted molar refractivity (Wildman–Crippen MR) is 220 cm³/mol. The topological polar surface area (TPSA) is 48.4 Å². The zero-order valence-corrected chi connectivity index (χ0v) is 31.5. The maximum Gasteiger partial charge on any atom is 0.241 e. The van der Waals surface area contributed by atoms with Gasteiger partial charge in [0.15, 0.2) is 0 Å². The van der Waals surface area contributed by atoms with Gasteiger partial charge in [-0.3, -0.25) is 14.7 Å². The molecule has 0 bridgehead atoms. The Labute approximate surface area is 317 Å². The number of rotatable bonds is 3. The van der Waals surface area contributed by atoms with Gasteiger partial charge in [0.25, 0.3) is 0 Å². The summed E-state index contributed by atoms with van der Waals surface area (Å²) in [5, 5.41) is 0. The molecule has 0 fully saturated rings. The van der Waals surface area contributed by atoms with Gasteiger partial charge in [0.1, 0.15) is 0 Å². The Bertz CT molecular complexity index is 2190. The van der Waals surface area contributed by atoms with Crippen molar-refractivity contribution in [2.75, 3.05) is 14.7 Å². The highest BCUT2D eigenvalue weighted by Crippen LogP contribution is 2.55. The molecule has 6 nitrogen and oxygen atoms in total. The second kappa shape index (κ2) is 11.4. The molecule has 0 aliphatic carbocycles. The van der Waals surface area contributed by atoms with Crippen LogP contribution in [-0.4, -0.2) is 15.0 Å². The summed E-state index contributed by atoms with van der Waals surface area (Å²) in [6.07, 6.45) is 0. The smallest absolute Gasteiger partial charge is 0.241 e. The summed E-state index contributed by atoms with van der Waals surface area (Å²) >= 11 is 0. The molecular weight excluding hydrogens is 661 g/mol. The fraction of sp³-hybridized carbons (Fsp3) is 0.188. The van der Waals surface area contributed by atoms with Crippen molar-refractivity contribution in [3.8, 4) is 0 Å². The van der Waals surface area contributed by atoms with Crippen LogP contribution in [0.4, 0.5) is 52.0 Å². The summed E-state index contributed by atoms with van der Waals surface area (Å²) < 4.78 is 0. The largest absolute Gasteiger partial charge is 0.278 e. The standard InChI is InChI=1S/C48H42N6/c1-46(2)31-19-7-13-25-37(31)52(38-26-14-8-20-32(38)46)43-49-44(53-39-27-15-9-21-33(39)47(3,4)34-22-10-16-28-40(34)53)51-45(50-43)54-41-29-17-11-23-35(41)48(5,6)36-24-12-18-30-42(36)54/h7-30H,1-6H3. The van der Waals surface area contributed by atoms with Crippen LogP contribution in [0.3, 0.4) is 0 Å². The molecule has 0 saturated carbocycles. The van der Waals surface area contributed by atoms with Crippen molar-refractivity contribution >= 4 is 52.0 Å². The highest BCUT2D eigenvalue weighted by Gasteiger charge is 2.42. The molecule has 0 N–H and O–H groups in total. The molecule has 0 spiro atoms. The van der Waals surface area contributed by atoms with Gasteiger partial charge in [0, 0.05) is 16.2 Å². The normalized spacial score (nSPS) is 16.7. The first-order valence-electron chi connectivity index (χ1n) is 18.8. The molecule has 3 aliphatic heterocycles. The molecule has 0 unspecified atom stereocenters. The number of para-hydroxylation sites is 6. The molecule has 0 saturated heterocycles. The highest BCUT2D eigenvalue weighted by molar-refractivity contribution is 5.89. The minimum atomic E-state index is -0.227. The van der Waals surface area contributed by atoms with Crippen LogP contribution in [0.2, 0.25) is 0 Å². The van der Waals surface area contributed by atoms with E-state index < -0.39 is 0 Å². The molecule has 3 aliphatic rings. The molecular formula is C48H42N6. The summed E-state index contributed by atoms with van der Waals surface area (Å²) in [6.45, 7) is 13.8. The Morgan fingerprint density at radius 1 is 0.278 bits per heavy atom. The van der Waals surface area contributed by atoms with E-state index >= 15 is 0 Å². The molecule has 264 valence electrons. The zero-order chi connectivity index (χ0) is 37.0. The number of aromatic nitrogens is 3. The van der Waals surface area contributed by atoms with Crippen LogP contribution in [-0.2, 0) is 16.2 Å². The van der Waals surface area contributed by atoms with Crippen LogP contribution in [0.25, 0.3) is 0 Å². The van der Waals surface area contributed by atoms with Gasteiger partial charge in [0.2, 0.25) is 17.8 Å². The molecule has 4 heterocycles. The Morgan fingerprint density at radius 3 is 0.630 bits per heavy atom. The quantitative estimate of drug-likeness (QED) is 0.183. The average molecular weight is 703 g/mol. The first-order valence-corrected chi connectivity index (χ1v) is 18.8. The van der Waals surface area contributed by atoms with E-state index in [9.17, 15) is 0 Å². The monoisotopic (exact) mass is 702 g/mol. The average Bonchev–Trinajstić information content (AvgIpc) is 3.18. The first kappa shape index (κ1) is 32.4. The van der Waals surface area contributed by atoms with E-state index in [4.69, 9.17) is 15.0 Å². The van der Waals surface area contributed by atoms with Crippen LogP contribution in [0.5, 0.6) is 0 Å². The number of anilines is 9. The Hall–Kier alpha value is -6.27. The van der Waals surface area contributed by atoms with Gasteiger partial charge in [-0.1, -0.05) is 151 Å². The lowest BCUT2D eigenvalue weighted by atomic mass is 9.73. The van der Waals surface area contributed by atoms with E-state index in [1.807, 2.05) is 0 Å². The second-order valence-electron chi connectivity index (χ2n) is 16.2. The fourth-order valence-electron chi connectivity index (χ4n) is 9.30. The zero-order valence-electron chi connectivity index (χ0n) is 31.5. The van der Waals surface area contributed by atoms with E-state index in [1.54, 1.807) is 0 Å². The van der Waals surface area contributed by atoms with Crippen molar-refractivity contribution in [3.63, 3.8) is 0 Å². The molecule has 0 atom stereocenters. The first-order chi connectivity index (χ1) is 26.1. The van der Waals surface area contributed by atoms with Crippen molar-refractivity contribution < 1.29 is 0 Å². The number of benzene rings is 6. The van der Waals surface area contributed by atoms with Crippen LogP contribution in [0, 0.1) is 0 Å². The van der Waals surface area contributed by atoms with Gasteiger partial charge < -0.3 is 0 Å². The highest BCUT2D eigenvalue weighted by atomic mass is 15.4. The molecule has 0 radical (unpaired) electrons. The summed E-state index contributed by atoms with van der Waals surface area (Å²) in [4.78, 5) is 23.2. The lowest BCUT2D eigenvalue weighted by molar-refractivity contribution is 0.628. The number of nitrogens with zero attached hydrogens (tertiary/aromatic N) is 6. The van der Waals surface area contributed by atoms with Crippen molar-refractivity contribution in [1.82, 2.24) is 15.0 Å². The maximum absolute atomic E-state index is 5.51. The van der Waals surface area contributed by atoms with Gasteiger partial charge in [-0.25, -0.2) is 0 Å². The lowest BCUT2D eigenvalue weighted by Crippen LogP contribution is -2.34. The van der Waals surface area contributed by atoms with Crippen LogP contribution < -0.4 is 14.7 Å². The molecule has 6 aromatic carbocycles. The van der Waals surface area contributed by atoms with E-state index in [0.29, 0.717) is 17.8 Å². The van der Waals surface area contributed by atoms with Crippen LogP contribution in [0.1, 0.15) is 74.9 Å². The molecule has 6 heteroatoms. The summed E-state index contributed by atoms with van der Waals surface area (Å²) in [7, 11) is 0. The van der Waals surface area contributed by atoms with Crippen molar-refractivity contribution in [1.29, 1.82) is 0 Å². The van der Waals surface area contributed by atoms with E-state index in [2.05, 4.69) is 202 Å². The third kappa shape index (κ3) is 4.43. The van der Waals surface area contributed by atoms with E-state index in [1.165, 1.54) is 33.4 Å². The van der Waals surface area contributed by atoms with Crippen LogP contribution >= 0.6 is 0 Å². The Kier molecular flexibility index (Phi) is 6.82. The second-order valence-corrected chi connectivity index (χ2v) is 16.2. The maximum atomic E-state index is 5.51. The summed E-state index contributed by atoms with van der Waals surface area (Å²) in [5.74, 6) is 1.68. The minimum absolute atomic E-state index is 0.227. The molecule has 1 aromatic heterocycles. The van der Waals surface area contributed by atoms with Gasteiger partial charge in [-0.05, 0) is 69.8 Å². The molecule has 10 rings (SSSR count). The third-order valence-electron chi connectivity index (χ3n) is 12.1. The molecule has 0 amide bonds. The van der Waals surface area contributed by atoms with Gasteiger partial charge >= 0.3 is 0 Å². The van der Waals surface area contributed by atoms with Crippen molar-refractivity contribution in [2.45, 2.75) is 57.8 Å². The summed E-state index contributed by atoms with van der Waals surface area (Å²) in [6, 6.07) is 52.0. The number of hydrogen-bond acceptors (Lipinski definition) is 6. The molecule has 54 heavy (non-hydrogen) atoms. The lowest BCUT2D eigenvalue weighted by Gasteiger charge is -2.43. The number of hydrogen-bond donors (Lipinski definition) is 0. The minimum Gasteiger partial charge on any atom is -0.278 e. The van der Waals surface area contributed by atoms with E-state index in [0.717, 1.165) is 34.1 Å². The van der Waals surface area contributed by atoms with Crippen molar-refractivity contribution in [3.05, 3.63) is 179 Å². The third-order valence-corrected chi connectivity index (χ3v) is 12.1. The SMILES string of the molecule is CC1(C)c2ccccc2N(c2nc(N3c4ccccc4C(C)(C)c4ccccc43)nc(N3c4ccccc4C(C)(C)c4ccccc43)n2)c2ccccc21. The predicted octanol–water partition coefficient (Wildman–Crippen LogP) is 12.2. The fourth-order valence-corrected chi connectivity index (χ4v) is 9.30. The van der Waals surface area contributed by atoms with Gasteiger partial charge in [0.05, 0.1) is 34.1 Å². The summed E-state index contributed by atoms with van der Waals surface area (Å²) in [5.41, 5.74) is 13.0. The molecule has 7 aromatic rings. The van der Waals surface area contributed by atoms with Crippen LogP contribution in [0.15, 0.2) is 146 Å². The number of fused-ring (bicyclic) bond motifs is 6. The van der Waals surface area contributed by atoms with Gasteiger partial charge in [-0.15, -0.1) is 0 Å². The Morgan fingerprint density at radius 2 is 0.444 bits per heavy atom. The van der Waals surface area contributed by atoms with E-state index in [-0.39, 0.29) is 16.2 Å².